The summed E-state index contributed by atoms with van der Waals surface area (Å²) in [6.45, 7) is 4.78. The molecule has 0 N–H and O–H groups in total. The second-order valence-corrected chi connectivity index (χ2v) is 7.93. The smallest absolute Gasteiger partial charge is 0.320 e. The van der Waals surface area contributed by atoms with E-state index in [-0.39, 0.29) is 6.03 Å². The van der Waals surface area contributed by atoms with Crippen molar-refractivity contribution in [3.05, 3.63) is 48.8 Å². The molecule has 0 bridgehead atoms. The zero-order chi connectivity index (χ0) is 20.3. The number of anilines is 1. The fourth-order valence-electron chi connectivity index (χ4n) is 4.33. The molecule has 2 fully saturated rings. The number of carbonyl (C=O) groups is 1. The predicted octanol–water partition coefficient (Wildman–Crippen LogP) is 3.42. The fraction of sp³-hybridized carbons (Fsp3) is 0.391. The first-order chi connectivity index (χ1) is 14.8. The minimum atomic E-state index is 0.194. The molecule has 0 unspecified atom stereocenters. The minimum Gasteiger partial charge on any atom is -0.352 e. The molecule has 3 aromatic rings. The number of nitrogens with zero attached hydrogens (tertiary/aromatic N) is 6. The number of pyridine rings is 1. The molecule has 0 saturated carbocycles. The van der Waals surface area contributed by atoms with E-state index in [9.17, 15) is 4.79 Å². The van der Waals surface area contributed by atoms with Crippen LogP contribution in [0.5, 0.6) is 0 Å². The summed E-state index contributed by atoms with van der Waals surface area (Å²) in [7, 11) is 0. The van der Waals surface area contributed by atoms with E-state index in [4.69, 9.17) is 9.97 Å². The van der Waals surface area contributed by atoms with Gasteiger partial charge in [0, 0.05) is 62.6 Å². The summed E-state index contributed by atoms with van der Waals surface area (Å²) in [5.74, 6) is 1.65. The van der Waals surface area contributed by atoms with Crippen molar-refractivity contribution in [2.45, 2.75) is 19.3 Å². The number of carbonyl (C=O) groups excluding carboxylic acids is 1. The van der Waals surface area contributed by atoms with Crippen LogP contribution in [0.25, 0.3) is 22.3 Å². The Kier molecular flexibility index (Phi) is 5.17. The summed E-state index contributed by atoms with van der Waals surface area (Å²) in [5, 5.41) is 1.05. The molecule has 2 amide bonds. The lowest BCUT2D eigenvalue weighted by Gasteiger charge is -2.39. The second kappa shape index (κ2) is 8.26. The van der Waals surface area contributed by atoms with Gasteiger partial charge in [0.15, 0.2) is 5.82 Å². The monoisotopic (exact) mass is 402 g/mol. The Bertz CT molecular complexity index is 1030. The lowest BCUT2D eigenvalue weighted by molar-refractivity contribution is 0.141. The van der Waals surface area contributed by atoms with Gasteiger partial charge in [-0.15, -0.1) is 0 Å². The molecule has 0 aliphatic carbocycles. The van der Waals surface area contributed by atoms with Crippen molar-refractivity contribution in [3.8, 4) is 11.4 Å². The van der Waals surface area contributed by atoms with Crippen LogP contribution in [0.3, 0.4) is 0 Å². The van der Waals surface area contributed by atoms with E-state index >= 15 is 0 Å². The number of fused-ring (bicyclic) bond motifs is 1. The van der Waals surface area contributed by atoms with E-state index in [0.717, 1.165) is 74.4 Å². The quantitative estimate of drug-likeness (QED) is 0.657. The molecule has 4 heterocycles. The number of benzene rings is 1. The van der Waals surface area contributed by atoms with Gasteiger partial charge in [-0.3, -0.25) is 4.98 Å². The SMILES string of the molecule is O=C(N1CCCCC1)N1CCN(c2nc(-c3ccncc3)nc3ccccc23)CC1. The molecule has 1 aromatic carbocycles. The summed E-state index contributed by atoms with van der Waals surface area (Å²) >= 11 is 0. The summed E-state index contributed by atoms with van der Waals surface area (Å²) in [4.78, 5) is 32.9. The molecule has 0 spiro atoms. The van der Waals surface area contributed by atoms with E-state index in [2.05, 4.69) is 16.0 Å². The molecule has 5 rings (SSSR count). The molecule has 30 heavy (non-hydrogen) atoms. The van der Waals surface area contributed by atoms with Gasteiger partial charge in [-0.1, -0.05) is 12.1 Å². The zero-order valence-corrected chi connectivity index (χ0v) is 17.1. The molecule has 2 aliphatic heterocycles. The summed E-state index contributed by atoms with van der Waals surface area (Å²) in [5.41, 5.74) is 1.89. The highest BCUT2D eigenvalue weighted by molar-refractivity contribution is 5.91. The molecule has 7 nitrogen and oxygen atoms in total. The maximum atomic E-state index is 12.8. The van der Waals surface area contributed by atoms with Crippen LogP contribution in [0.15, 0.2) is 48.8 Å². The van der Waals surface area contributed by atoms with Crippen LogP contribution in [-0.4, -0.2) is 70.1 Å². The molecule has 154 valence electrons. The highest BCUT2D eigenvalue weighted by Gasteiger charge is 2.27. The number of rotatable bonds is 2. The third-order valence-corrected chi connectivity index (χ3v) is 6.00. The van der Waals surface area contributed by atoms with Crippen LogP contribution < -0.4 is 4.90 Å². The van der Waals surface area contributed by atoms with Gasteiger partial charge < -0.3 is 14.7 Å². The minimum absolute atomic E-state index is 0.194. The number of hydrogen-bond acceptors (Lipinski definition) is 5. The maximum Gasteiger partial charge on any atom is 0.320 e. The van der Waals surface area contributed by atoms with Crippen LogP contribution in [0.2, 0.25) is 0 Å². The first-order valence-corrected chi connectivity index (χ1v) is 10.8. The molecular formula is C23H26N6O. The van der Waals surface area contributed by atoms with Gasteiger partial charge in [-0.05, 0) is 43.5 Å². The maximum absolute atomic E-state index is 12.8. The Morgan fingerprint density at radius 1 is 0.767 bits per heavy atom. The zero-order valence-electron chi connectivity index (χ0n) is 17.1. The lowest BCUT2D eigenvalue weighted by Crippen LogP contribution is -2.53. The largest absolute Gasteiger partial charge is 0.352 e. The number of urea groups is 1. The molecule has 2 saturated heterocycles. The van der Waals surface area contributed by atoms with Crippen LogP contribution in [0, 0.1) is 0 Å². The van der Waals surface area contributed by atoms with E-state index in [1.54, 1.807) is 12.4 Å². The van der Waals surface area contributed by atoms with Crippen molar-refractivity contribution in [1.29, 1.82) is 0 Å². The third kappa shape index (κ3) is 3.67. The molecule has 2 aliphatic rings. The number of piperazine rings is 1. The number of piperidine rings is 1. The fourth-order valence-corrected chi connectivity index (χ4v) is 4.33. The van der Waals surface area contributed by atoms with Gasteiger partial charge in [0.05, 0.1) is 5.52 Å². The summed E-state index contributed by atoms with van der Waals surface area (Å²) in [6.07, 6.45) is 7.00. The van der Waals surface area contributed by atoms with Gasteiger partial charge in [-0.2, -0.15) is 0 Å². The van der Waals surface area contributed by atoms with Gasteiger partial charge in [0.1, 0.15) is 5.82 Å². The summed E-state index contributed by atoms with van der Waals surface area (Å²) < 4.78 is 0. The van der Waals surface area contributed by atoms with E-state index < -0.39 is 0 Å². The highest BCUT2D eigenvalue weighted by Crippen LogP contribution is 2.28. The number of para-hydroxylation sites is 1. The second-order valence-electron chi connectivity index (χ2n) is 7.93. The van der Waals surface area contributed by atoms with Gasteiger partial charge >= 0.3 is 6.03 Å². The van der Waals surface area contributed by atoms with Crippen LogP contribution >= 0.6 is 0 Å². The third-order valence-electron chi connectivity index (χ3n) is 6.00. The van der Waals surface area contributed by atoms with E-state index in [1.165, 1.54) is 6.42 Å². The first kappa shape index (κ1) is 18.8. The number of aromatic nitrogens is 3. The molecule has 0 atom stereocenters. The Labute approximate surface area is 176 Å². The lowest BCUT2D eigenvalue weighted by atomic mass is 10.1. The molecule has 7 heteroatoms. The van der Waals surface area contributed by atoms with E-state index in [0.29, 0.717) is 5.82 Å². The van der Waals surface area contributed by atoms with Crippen LogP contribution in [-0.2, 0) is 0 Å². The van der Waals surface area contributed by atoms with Crippen molar-refractivity contribution >= 4 is 22.8 Å². The van der Waals surface area contributed by atoms with Crippen molar-refractivity contribution < 1.29 is 4.79 Å². The van der Waals surface area contributed by atoms with Gasteiger partial charge in [-0.25, -0.2) is 14.8 Å². The van der Waals surface area contributed by atoms with Gasteiger partial charge in [0.25, 0.3) is 0 Å². The molecular weight excluding hydrogens is 376 g/mol. The normalized spacial score (nSPS) is 17.4. The van der Waals surface area contributed by atoms with Crippen molar-refractivity contribution in [2.24, 2.45) is 0 Å². The first-order valence-electron chi connectivity index (χ1n) is 10.8. The Balaban J connectivity index is 1.39. The predicted molar refractivity (Wildman–Crippen MR) is 117 cm³/mol. The highest BCUT2D eigenvalue weighted by atomic mass is 16.2. The average molecular weight is 403 g/mol. The average Bonchev–Trinajstić information content (AvgIpc) is 2.84. The van der Waals surface area contributed by atoms with Crippen LogP contribution in [0.1, 0.15) is 19.3 Å². The van der Waals surface area contributed by atoms with E-state index in [1.807, 2.05) is 40.1 Å². The van der Waals surface area contributed by atoms with Crippen molar-refractivity contribution in [1.82, 2.24) is 24.8 Å². The topological polar surface area (TPSA) is 65.5 Å². The Morgan fingerprint density at radius 2 is 1.47 bits per heavy atom. The van der Waals surface area contributed by atoms with Crippen molar-refractivity contribution in [3.63, 3.8) is 0 Å². The van der Waals surface area contributed by atoms with Crippen molar-refractivity contribution in [2.75, 3.05) is 44.2 Å². The van der Waals surface area contributed by atoms with Crippen LogP contribution in [0.4, 0.5) is 10.6 Å². The molecule has 2 aromatic heterocycles. The standard InChI is InChI=1S/C23H26N6O/c30-23(28-12-4-1-5-13-28)29-16-14-27(15-17-29)22-19-6-2-3-7-20(19)25-21(26-22)18-8-10-24-11-9-18/h2-3,6-11H,1,4-5,12-17H2. The summed E-state index contributed by atoms with van der Waals surface area (Å²) in [6, 6.07) is 12.2. The Morgan fingerprint density at radius 3 is 2.23 bits per heavy atom. The number of hydrogen-bond donors (Lipinski definition) is 0. The Hall–Kier alpha value is -3.22. The molecule has 0 radical (unpaired) electrons. The number of likely N-dealkylation sites (tertiary alicyclic amines) is 1. The number of amides is 2. The van der Waals surface area contributed by atoms with Gasteiger partial charge in [0.2, 0.25) is 0 Å².